The van der Waals surface area contributed by atoms with Crippen molar-refractivity contribution in [2.24, 2.45) is 0 Å². The SMILES string of the molecule is CCC(CC)Nc1c(N)n(CC)c(=O)[nH]c1=O. The molecule has 0 amide bonds. The second-order valence-electron chi connectivity index (χ2n) is 3.92. The molecule has 0 aliphatic carbocycles. The molecule has 0 aliphatic rings. The maximum absolute atomic E-state index is 11.7. The Labute approximate surface area is 99.8 Å². The number of hydrogen-bond acceptors (Lipinski definition) is 4. The van der Waals surface area contributed by atoms with E-state index in [1.807, 2.05) is 13.8 Å². The number of H-pyrrole nitrogens is 1. The fraction of sp³-hybridized carbons (Fsp3) is 0.636. The molecular weight excluding hydrogens is 220 g/mol. The van der Waals surface area contributed by atoms with Crippen LogP contribution >= 0.6 is 0 Å². The van der Waals surface area contributed by atoms with Crippen LogP contribution in [0.1, 0.15) is 33.6 Å². The summed E-state index contributed by atoms with van der Waals surface area (Å²) in [5, 5.41) is 3.09. The van der Waals surface area contributed by atoms with Crippen LogP contribution in [0.15, 0.2) is 9.59 Å². The molecule has 0 aliphatic heterocycles. The van der Waals surface area contributed by atoms with Crippen LogP contribution < -0.4 is 22.3 Å². The maximum atomic E-state index is 11.7. The molecule has 0 spiro atoms. The lowest BCUT2D eigenvalue weighted by Crippen LogP contribution is -2.35. The van der Waals surface area contributed by atoms with E-state index in [4.69, 9.17) is 5.73 Å². The van der Waals surface area contributed by atoms with Gasteiger partial charge in [-0.3, -0.25) is 14.3 Å². The van der Waals surface area contributed by atoms with Crippen LogP contribution in [-0.4, -0.2) is 15.6 Å². The lowest BCUT2D eigenvalue weighted by Gasteiger charge is -2.18. The Morgan fingerprint density at radius 1 is 1.29 bits per heavy atom. The summed E-state index contributed by atoms with van der Waals surface area (Å²) in [6.07, 6.45) is 1.78. The minimum Gasteiger partial charge on any atom is -0.383 e. The van der Waals surface area contributed by atoms with Crippen LogP contribution in [0.5, 0.6) is 0 Å². The standard InChI is InChI=1S/C11H20N4O2/c1-4-7(5-2)13-8-9(12)15(6-3)11(17)14-10(8)16/h7,13H,4-6,12H2,1-3H3,(H,14,16,17). The molecule has 96 valence electrons. The molecule has 0 saturated carbocycles. The van der Waals surface area contributed by atoms with Crippen molar-refractivity contribution >= 4 is 11.5 Å². The number of aromatic amines is 1. The van der Waals surface area contributed by atoms with Gasteiger partial charge >= 0.3 is 5.69 Å². The van der Waals surface area contributed by atoms with Crippen LogP contribution in [0.3, 0.4) is 0 Å². The normalized spacial score (nSPS) is 10.8. The Bertz CT molecular complexity index is 485. The highest BCUT2D eigenvalue weighted by molar-refractivity contribution is 5.60. The van der Waals surface area contributed by atoms with E-state index in [0.29, 0.717) is 12.2 Å². The Kier molecular flexibility index (Phi) is 4.37. The third kappa shape index (κ3) is 2.69. The molecule has 1 rings (SSSR count). The van der Waals surface area contributed by atoms with Gasteiger partial charge in [-0.25, -0.2) is 4.79 Å². The maximum Gasteiger partial charge on any atom is 0.330 e. The minimum atomic E-state index is -0.468. The molecule has 1 heterocycles. The van der Waals surface area contributed by atoms with Crippen molar-refractivity contribution in [3.63, 3.8) is 0 Å². The van der Waals surface area contributed by atoms with Gasteiger partial charge in [-0.1, -0.05) is 13.8 Å². The molecule has 0 unspecified atom stereocenters. The van der Waals surface area contributed by atoms with Crippen molar-refractivity contribution in [2.75, 3.05) is 11.1 Å². The summed E-state index contributed by atoms with van der Waals surface area (Å²) in [6.45, 7) is 6.29. The molecule has 0 saturated heterocycles. The van der Waals surface area contributed by atoms with Crippen molar-refractivity contribution in [1.29, 1.82) is 0 Å². The number of nitrogens with one attached hydrogen (secondary N) is 2. The topological polar surface area (TPSA) is 92.9 Å². The summed E-state index contributed by atoms with van der Waals surface area (Å²) < 4.78 is 1.34. The van der Waals surface area contributed by atoms with Crippen molar-refractivity contribution in [2.45, 2.75) is 46.2 Å². The van der Waals surface area contributed by atoms with Gasteiger partial charge < -0.3 is 11.1 Å². The van der Waals surface area contributed by atoms with Gasteiger partial charge in [0, 0.05) is 12.6 Å². The summed E-state index contributed by atoms with van der Waals surface area (Å²) in [6, 6.07) is 0.182. The van der Waals surface area contributed by atoms with Crippen molar-refractivity contribution in [3.05, 3.63) is 20.8 Å². The van der Waals surface area contributed by atoms with Crippen LogP contribution in [0, 0.1) is 0 Å². The molecule has 0 radical (unpaired) electrons. The molecule has 0 fully saturated rings. The van der Waals surface area contributed by atoms with Crippen LogP contribution in [0.2, 0.25) is 0 Å². The summed E-state index contributed by atoms with van der Waals surface area (Å²) in [4.78, 5) is 25.4. The van der Waals surface area contributed by atoms with Gasteiger partial charge in [-0.15, -0.1) is 0 Å². The number of hydrogen-bond donors (Lipinski definition) is 3. The average Bonchev–Trinajstić information content (AvgIpc) is 2.29. The molecule has 6 heteroatoms. The molecule has 6 nitrogen and oxygen atoms in total. The lowest BCUT2D eigenvalue weighted by atomic mass is 10.1. The highest BCUT2D eigenvalue weighted by Crippen LogP contribution is 2.13. The van der Waals surface area contributed by atoms with Crippen molar-refractivity contribution < 1.29 is 0 Å². The zero-order valence-corrected chi connectivity index (χ0v) is 10.5. The van der Waals surface area contributed by atoms with Crippen LogP contribution in [0.4, 0.5) is 11.5 Å². The molecule has 0 bridgehead atoms. The lowest BCUT2D eigenvalue weighted by molar-refractivity contribution is 0.661. The average molecular weight is 240 g/mol. The Hall–Kier alpha value is -1.72. The predicted octanol–water partition coefficient (Wildman–Crippen LogP) is 0.739. The van der Waals surface area contributed by atoms with Crippen molar-refractivity contribution in [1.82, 2.24) is 9.55 Å². The molecule has 0 aromatic carbocycles. The number of anilines is 2. The van der Waals surface area contributed by atoms with E-state index < -0.39 is 11.2 Å². The fourth-order valence-corrected chi connectivity index (χ4v) is 1.74. The van der Waals surface area contributed by atoms with Gasteiger partial charge in [0.1, 0.15) is 11.5 Å². The molecular formula is C11H20N4O2. The van der Waals surface area contributed by atoms with Crippen molar-refractivity contribution in [3.8, 4) is 0 Å². The molecule has 4 N–H and O–H groups in total. The van der Waals surface area contributed by atoms with Gasteiger partial charge in [-0.2, -0.15) is 0 Å². The largest absolute Gasteiger partial charge is 0.383 e. The number of nitrogens with two attached hydrogens (primary N) is 1. The Balaban J connectivity index is 3.24. The van der Waals surface area contributed by atoms with E-state index in [1.54, 1.807) is 6.92 Å². The first-order chi connectivity index (χ1) is 8.04. The molecule has 0 atom stereocenters. The number of aromatic nitrogens is 2. The zero-order chi connectivity index (χ0) is 13.0. The summed E-state index contributed by atoms with van der Waals surface area (Å²) >= 11 is 0. The third-order valence-corrected chi connectivity index (χ3v) is 2.89. The second kappa shape index (κ2) is 5.56. The first-order valence-corrected chi connectivity index (χ1v) is 5.94. The first-order valence-electron chi connectivity index (χ1n) is 5.94. The Morgan fingerprint density at radius 2 is 1.88 bits per heavy atom. The van der Waals surface area contributed by atoms with E-state index in [1.165, 1.54) is 4.57 Å². The molecule has 1 aromatic rings. The van der Waals surface area contributed by atoms with E-state index >= 15 is 0 Å². The number of nitrogen functional groups attached to an aromatic ring is 1. The van der Waals surface area contributed by atoms with Gasteiger partial charge in [0.2, 0.25) is 0 Å². The molecule has 1 aromatic heterocycles. The summed E-state index contributed by atoms with van der Waals surface area (Å²) in [5.41, 5.74) is 5.20. The fourth-order valence-electron chi connectivity index (χ4n) is 1.74. The van der Waals surface area contributed by atoms with Gasteiger partial charge in [0.15, 0.2) is 0 Å². The molecule has 17 heavy (non-hydrogen) atoms. The highest BCUT2D eigenvalue weighted by Gasteiger charge is 2.13. The smallest absolute Gasteiger partial charge is 0.330 e. The van der Waals surface area contributed by atoms with Gasteiger partial charge in [-0.05, 0) is 19.8 Å². The predicted molar refractivity (Wildman–Crippen MR) is 69.4 cm³/mol. The minimum absolute atomic E-state index is 0.182. The van der Waals surface area contributed by atoms with E-state index in [-0.39, 0.29) is 11.9 Å². The Morgan fingerprint density at radius 3 is 2.35 bits per heavy atom. The van der Waals surface area contributed by atoms with E-state index in [2.05, 4.69) is 10.3 Å². The van der Waals surface area contributed by atoms with Crippen LogP contribution in [-0.2, 0) is 6.54 Å². The van der Waals surface area contributed by atoms with E-state index in [0.717, 1.165) is 12.8 Å². The van der Waals surface area contributed by atoms with Crippen LogP contribution in [0.25, 0.3) is 0 Å². The van der Waals surface area contributed by atoms with E-state index in [9.17, 15) is 9.59 Å². The number of rotatable bonds is 5. The summed E-state index contributed by atoms with van der Waals surface area (Å²) in [7, 11) is 0. The van der Waals surface area contributed by atoms with Gasteiger partial charge in [0.05, 0.1) is 0 Å². The monoisotopic (exact) mass is 240 g/mol. The first kappa shape index (κ1) is 13.3. The third-order valence-electron chi connectivity index (χ3n) is 2.89. The zero-order valence-electron chi connectivity index (χ0n) is 10.5. The quantitative estimate of drug-likeness (QED) is 0.707. The van der Waals surface area contributed by atoms with Gasteiger partial charge in [0.25, 0.3) is 5.56 Å². The number of nitrogens with zero attached hydrogens (tertiary/aromatic N) is 1. The second-order valence-corrected chi connectivity index (χ2v) is 3.92. The summed E-state index contributed by atoms with van der Waals surface area (Å²) in [5.74, 6) is 0.202. The highest BCUT2D eigenvalue weighted by atomic mass is 16.2.